The molecule has 1 rings (SSSR count). The molecule has 0 saturated heterocycles. The molecule has 0 aliphatic rings. The monoisotopic (exact) mass is 169 g/mol. The van der Waals surface area contributed by atoms with E-state index in [1.54, 1.807) is 6.92 Å². The first-order valence-corrected chi connectivity index (χ1v) is 3.23. The molecular formula is C6H7N3O3. The van der Waals surface area contributed by atoms with Gasteiger partial charge in [-0.05, 0) is 6.92 Å². The van der Waals surface area contributed by atoms with Gasteiger partial charge in [-0.15, -0.1) is 0 Å². The third kappa shape index (κ3) is 1.42. The van der Waals surface area contributed by atoms with Crippen molar-refractivity contribution in [2.24, 2.45) is 0 Å². The van der Waals surface area contributed by atoms with Crippen LogP contribution in [0.5, 0.6) is 0 Å². The predicted octanol–water partition coefficient (Wildman–Crippen LogP) is -1.28. The normalized spacial score (nSPS) is 10.8. The molecule has 0 bridgehead atoms. The zero-order valence-electron chi connectivity index (χ0n) is 6.33. The highest BCUT2D eigenvalue weighted by Gasteiger charge is 1.96. The highest BCUT2D eigenvalue weighted by atomic mass is 16.2. The van der Waals surface area contributed by atoms with E-state index in [2.05, 4.69) is 0 Å². The van der Waals surface area contributed by atoms with E-state index in [1.807, 2.05) is 9.97 Å². The van der Waals surface area contributed by atoms with E-state index in [9.17, 15) is 14.4 Å². The molecule has 12 heavy (non-hydrogen) atoms. The van der Waals surface area contributed by atoms with Crippen LogP contribution < -0.4 is 17.1 Å². The Morgan fingerprint density at radius 2 is 1.67 bits per heavy atom. The summed E-state index contributed by atoms with van der Waals surface area (Å²) < 4.78 is 0.765. The van der Waals surface area contributed by atoms with Gasteiger partial charge in [0.1, 0.15) is 0 Å². The van der Waals surface area contributed by atoms with Crippen LogP contribution in [-0.2, 0) is 0 Å². The number of hydrogen-bond donors (Lipinski definition) is 2. The van der Waals surface area contributed by atoms with E-state index in [0.717, 1.165) is 4.57 Å². The van der Waals surface area contributed by atoms with Crippen molar-refractivity contribution in [2.75, 3.05) is 0 Å². The lowest BCUT2D eigenvalue weighted by molar-refractivity contribution is 0.812. The van der Waals surface area contributed by atoms with Crippen LogP contribution in [0.4, 0.5) is 0 Å². The highest BCUT2D eigenvalue weighted by Crippen LogP contribution is 1.68. The summed E-state index contributed by atoms with van der Waals surface area (Å²) in [6.45, 7) is 1.65. The van der Waals surface area contributed by atoms with Crippen LogP contribution in [0.1, 0.15) is 6.92 Å². The van der Waals surface area contributed by atoms with Crippen molar-refractivity contribution < 1.29 is 0 Å². The van der Waals surface area contributed by atoms with Crippen molar-refractivity contribution in [3.8, 4) is 0 Å². The maximum atomic E-state index is 10.9. The van der Waals surface area contributed by atoms with Crippen LogP contribution in [0.15, 0.2) is 20.5 Å². The largest absolute Gasteiger partial charge is 0.337 e. The fraction of sp³-hybridized carbons (Fsp3) is 0.167. The van der Waals surface area contributed by atoms with Gasteiger partial charge in [-0.2, -0.15) is 0 Å². The van der Waals surface area contributed by atoms with Gasteiger partial charge in [-0.3, -0.25) is 9.97 Å². The van der Waals surface area contributed by atoms with Crippen molar-refractivity contribution in [1.29, 1.82) is 0 Å². The molecule has 0 unspecified atom stereocenters. The Bertz CT molecular complexity index is 428. The van der Waals surface area contributed by atoms with E-state index in [0.29, 0.717) is 0 Å². The summed E-state index contributed by atoms with van der Waals surface area (Å²) in [7, 11) is 0. The minimum absolute atomic E-state index is 0.748. The number of aromatic amines is 2. The van der Waals surface area contributed by atoms with Crippen molar-refractivity contribution in [1.82, 2.24) is 14.5 Å². The smallest absolute Gasteiger partial charge is 0.259 e. The second kappa shape index (κ2) is 3.04. The maximum Gasteiger partial charge on any atom is 0.337 e. The van der Waals surface area contributed by atoms with Crippen molar-refractivity contribution in [3.05, 3.63) is 37.5 Å². The minimum Gasteiger partial charge on any atom is -0.259 e. The van der Waals surface area contributed by atoms with Gasteiger partial charge in [0.15, 0.2) is 0 Å². The summed E-state index contributed by atoms with van der Waals surface area (Å²) in [5.74, 6) is 0. The van der Waals surface area contributed by atoms with Gasteiger partial charge in [0.25, 0.3) is 0 Å². The van der Waals surface area contributed by atoms with Gasteiger partial charge in [-0.1, -0.05) is 6.08 Å². The summed E-state index contributed by atoms with van der Waals surface area (Å²) in [5.41, 5.74) is -2.30. The Hall–Kier alpha value is -1.85. The van der Waals surface area contributed by atoms with Crippen LogP contribution in [0.25, 0.3) is 6.20 Å². The summed E-state index contributed by atoms with van der Waals surface area (Å²) >= 11 is 0. The predicted molar refractivity (Wildman–Crippen MR) is 42.9 cm³/mol. The Morgan fingerprint density at radius 3 is 2.08 bits per heavy atom. The Balaban J connectivity index is 3.61. The molecule has 0 atom stereocenters. The molecule has 0 amide bonds. The summed E-state index contributed by atoms with van der Waals surface area (Å²) in [6.07, 6.45) is 2.77. The summed E-state index contributed by atoms with van der Waals surface area (Å²) in [5, 5.41) is 0. The second-order valence-corrected chi connectivity index (χ2v) is 2.04. The molecule has 1 aromatic rings. The van der Waals surface area contributed by atoms with Crippen LogP contribution in [-0.4, -0.2) is 14.5 Å². The van der Waals surface area contributed by atoms with E-state index in [-0.39, 0.29) is 0 Å². The maximum absolute atomic E-state index is 10.9. The van der Waals surface area contributed by atoms with Gasteiger partial charge in [0.05, 0.1) is 0 Å². The first-order chi connectivity index (χ1) is 5.65. The molecule has 2 N–H and O–H groups in total. The molecule has 0 aromatic carbocycles. The molecular weight excluding hydrogens is 162 g/mol. The van der Waals surface area contributed by atoms with E-state index in [4.69, 9.17) is 0 Å². The molecule has 6 heteroatoms. The van der Waals surface area contributed by atoms with Gasteiger partial charge in [-0.25, -0.2) is 19.0 Å². The molecule has 0 aliphatic heterocycles. The number of nitrogens with one attached hydrogen (secondary N) is 2. The molecule has 0 fully saturated rings. The molecule has 1 aromatic heterocycles. The van der Waals surface area contributed by atoms with E-state index in [1.165, 1.54) is 12.3 Å². The molecule has 0 aliphatic carbocycles. The van der Waals surface area contributed by atoms with Crippen LogP contribution in [0.2, 0.25) is 0 Å². The Kier molecular flexibility index (Phi) is 2.09. The Labute approximate surface area is 66.2 Å². The zero-order chi connectivity index (χ0) is 9.14. The molecule has 0 radical (unpaired) electrons. The number of nitrogens with zero attached hydrogens (tertiary/aromatic N) is 1. The number of H-pyrrole nitrogens is 2. The topological polar surface area (TPSA) is 87.7 Å². The average Bonchev–Trinajstić information content (AvgIpc) is 1.96. The van der Waals surface area contributed by atoms with Crippen molar-refractivity contribution >= 4 is 6.20 Å². The van der Waals surface area contributed by atoms with Crippen molar-refractivity contribution in [3.63, 3.8) is 0 Å². The molecule has 0 spiro atoms. The SMILES string of the molecule is CC=Cn1c(=O)[nH]c(=O)[nH]c1=O. The van der Waals surface area contributed by atoms with E-state index >= 15 is 0 Å². The van der Waals surface area contributed by atoms with Gasteiger partial charge in [0.2, 0.25) is 0 Å². The lowest BCUT2D eigenvalue weighted by atomic mass is 10.7. The minimum atomic E-state index is -0.800. The van der Waals surface area contributed by atoms with Crippen LogP contribution in [0.3, 0.4) is 0 Å². The average molecular weight is 169 g/mol. The number of rotatable bonds is 1. The molecule has 0 saturated carbocycles. The highest BCUT2D eigenvalue weighted by molar-refractivity contribution is 5.18. The molecule has 64 valence electrons. The van der Waals surface area contributed by atoms with E-state index < -0.39 is 17.1 Å². The standard InChI is InChI=1S/C6H7N3O3/c1-2-3-9-5(11)7-4(10)8-6(9)12/h2-3H,1H3,(H2,7,8,10,11,12). The van der Waals surface area contributed by atoms with Gasteiger partial charge >= 0.3 is 17.1 Å². The quantitative estimate of drug-likeness (QED) is 0.548. The lowest BCUT2D eigenvalue weighted by Gasteiger charge is -1.92. The van der Waals surface area contributed by atoms with Crippen LogP contribution in [0, 0.1) is 0 Å². The number of aromatic nitrogens is 3. The van der Waals surface area contributed by atoms with Crippen LogP contribution >= 0.6 is 0 Å². The zero-order valence-corrected chi connectivity index (χ0v) is 6.33. The summed E-state index contributed by atoms with van der Waals surface area (Å²) in [6, 6.07) is 0. The fourth-order valence-electron chi connectivity index (χ4n) is 0.723. The molecule has 6 nitrogen and oxygen atoms in total. The first-order valence-electron chi connectivity index (χ1n) is 3.23. The third-order valence-electron chi connectivity index (χ3n) is 1.18. The van der Waals surface area contributed by atoms with Crippen molar-refractivity contribution in [2.45, 2.75) is 6.92 Å². The number of hydrogen-bond acceptors (Lipinski definition) is 3. The number of allylic oxidation sites excluding steroid dienone is 1. The fourth-order valence-corrected chi connectivity index (χ4v) is 0.723. The van der Waals surface area contributed by atoms with Gasteiger partial charge in [0, 0.05) is 6.20 Å². The second-order valence-electron chi connectivity index (χ2n) is 2.04. The first kappa shape index (κ1) is 8.25. The molecule has 1 heterocycles. The lowest BCUT2D eigenvalue weighted by Crippen LogP contribution is -2.40. The third-order valence-corrected chi connectivity index (χ3v) is 1.18. The van der Waals surface area contributed by atoms with Gasteiger partial charge < -0.3 is 0 Å². The summed E-state index contributed by atoms with van der Waals surface area (Å²) in [4.78, 5) is 36.1. The Morgan fingerprint density at radius 1 is 1.17 bits per heavy atom.